The van der Waals surface area contributed by atoms with Gasteiger partial charge in [-0.1, -0.05) is 30.3 Å². The third-order valence-corrected chi connectivity index (χ3v) is 4.67. The van der Waals surface area contributed by atoms with Gasteiger partial charge in [0.2, 0.25) is 5.91 Å². The highest BCUT2D eigenvalue weighted by atomic mass is 79.9. The van der Waals surface area contributed by atoms with Crippen molar-refractivity contribution in [1.82, 2.24) is 20.0 Å². The van der Waals surface area contributed by atoms with Gasteiger partial charge in [-0.3, -0.25) is 10.2 Å². The minimum absolute atomic E-state index is 0.00596. The molecule has 0 spiro atoms. The number of nitrogens with one attached hydrogen (secondary N) is 2. The summed E-state index contributed by atoms with van der Waals surface area (Å²) in [5.41, 5.74) is 5.03. The van der Waals surface area contributed by atoms with Crippen molar-refractivity contribution in [3.63, 3.8) is 0 Å². The number of amides is 1. The zero-order valence-electron chi connectivity index (χ0n) is 12.2. The van der Waals surface area contributed by atoms with Crippen molar-refractivity contribution >= 4 is 38.7 Å². The van der Waals surface area contributed by atoms with Crippen LogP contribution in [0.2, 0.25) is 0 Å². The SMILES string of the molecule is O=C1CC[C@@H](c2ccccc2)N1Nc1ncnc2[nH]cc(Br)c12. The fourth-order valence-electron chi connectivity index (χ4n) is 2.94. The number of carbonyl (C=O) groups excluding carboxylic acids is 1. The summed E-state index contributed by atoms with van der Waals surface area (Å²) in [5.74, 6) is 0.677. The number of anilines is 1. The molecular weight excluding hydrogens is 358 g/mol. The summed E-state index contributed by atoms with van der Waals surface area (Å²) in [6, 6.07) is 10.0. The van der Waals surface area contributed by atoms with Crippen LogP contribution in [0.25, 0.3) is 11.0 Å². The van der Waals surface area contributed by atoms with Crippen LogP contribution in [0.1, 0.15) is 24.4 Å². The van der Waals surface area contributed by atoms with Gasteiger partial charge in [-0.05, 0) is 27.9 Å². The normalized spacial score (nSPS) is 17.9. The molecule has 6 nitrogen and oxygen atoms in total. The van der Waals surface area contributed by atoms with Gasteiger partial charge in [0.1, 0.15) is 12.0 Å². The molecule has 7 heteroatoms. The largest absolute Gasteiger partial charge is 0.345 e. The molecule has 0 bridgehead atoms. The molecule has 0 unspecified atom stereocenters. The number of rotatable bonds is 3. The van der Waals surface area contributed by atoms with Crippen molar-refractivity contribution in [1.29, 1.82) is 0 Å². The summed E-state index contributed by atoms with van der Waals surface area (Å²) in [6.45, 7) is 0. The van der Waals surface area contributed by atoms with Crippen LogP contribution >= 0.6 is 15.9 Å². The Balaban J connectivity index is 1.71. The molecule has 2 aromatic heterocycles. The van der Waals surface area contributed by atoms with Crippen LogP contribution in [0.4, 0.5) is 5.82 Å². The molecule has 0 radical (unpaired) electrons. The minimum Gasteiger partial charge on any atom is -0.345 e. The second-order valence-electron chi connectivity index (χ2n) is 5.42. The van der Waals surface area contributed by atoms with Gasteiger partial charge in [0.05, 0.1) is 11.4 Å². The van der Waals surface area contributed by atoms with E-state index in [0.717, 1.165) is 27.5 Å². The van der Waals surface area contributed by atoms with E-state index in [2.05, 4.69) is 36.3 Å². The van der Waals surface area contributed by atoms with Crippen LogP contribution < -0.4 is 5.43 Å². The average Bonchev–Trinajstić information content (AvgIpc) is 3.13. The van der Waals surface area contributed by atoms with E-state index in [4.69, 9.17) is 0 Å². The number of hydrogen-bond donors (Lipinski definition) is 2. The summed E-state index contributed by atoms with van der Waals surface area (Å²) in [5, 5.41) is 2.51. The third kappa shape index (κ3) is 2.46. The Morgan fingerprint density at radius 2 is 2.09 bits per heavy atom. The van der Waals surface area contributed by atoms with Gasteiger partial charge in [0.15, 0.2) is 5.82 Å². The Labute approximate surface area is 141 Å². The summed E-state index contributed by atoms with van der Waals surface area (Å²) in [7, 11) is 0. The van der Waals surface area contributed by atoms with E-state index in [1.807, 2.05) is 36.5 Å². The smallest absolute Gasteiger partial charge is 0.241 e. The molecule has 23 heavy (non-hydrogen) atoms. The van der Waals surface area contributed by atoms with Crippen LogP contribution in [0, 0.1) is 0 Å². The number of H-pyrrole nitrogens is 1. The van der Waals surface area contributed by atoms with E-state index in [1.165, 1.54) is 6.33 Å². The molecule has 116 valence electrons. The van der Waals surface area contributed by atoms with E-state index < -0.39 is 0 Å². The molecule has 1 aromatic carbocycles. The first-order valence-electron chi connectivity index (χ1n) is 7.35. The van der Waals surface area contributed by atoms with Crippen molar-refractivity contribution in [3.05, 3.63) is 52.9 Å². The minimum atomic E-state index is 0.00596. The van der Waals surface area contributed by atoms with Crippen molar-refractivity contribution < 1.29 is 4.79 Å². The fourth-order valence-corrected chi connectivity index (χ4v) is 3.43. The molecule has 1 amide bonds. The maximum atomic E-state index is 12.3. The molecule has 3 aromatic rings. The highest BCUT2D eigenvalue weighted by molar-refractivity contribution is 9.10. The molecule has 1 saturated heterocycles. The number of aromatic amines is 1. The number of benzene rings is 1. The van der Waals surface area contributed by atoms with Crippen molar-refractivity contribution in [2.75, 3.05) is 5.43 Å². The van der Waals surface area contributed by atoms with Gasteiger partial charge in [-0.2, -0.15) is 0 Å². The topological polar surface area (TPSA) is 73.9 Å². The third-order valence-electron chi connectivity index (χ3n) is 4.04. The van der Waals surface area contributed by atoms with Crippen LogP contribution in [-0.2, 0) is 4.79 Å². The number of hydrogen-bond acceptors (Lipinski definition) is 4. The molecule has 1 aliphatic heterocycles. The summed E-state index contributed by atoms with van der Waals surface area (Å²) < 4.78 is 0.860. The highest BCUT2D eigenvalue weighted by Gasteiger charge is 2.33. The van der Waals surface area contributed by atoms with Crippen LogP contribution in [-0.4, -0.2) is 25.9 Å². The molecule has 1 aliphatic rings. The predicted octanol–water partition coefficient (Wildman–Crippen LogP) is 3.41. The zero-order valence-corrected chi connectivity index (χ0v) is 13.7. The van der Waals surface area contributed by atoms with Crippen LogP contribution in [0.15, 0.2) is 47.3 Å². The molecule has 1 atom stereocenters. The predicted molar refractivity (Wildman–Crippen MR) is 90.5 cm³/mol. The van der Waals surface area contributed by atoms with E-state index >= 15 is 0 Å². The number of carbonyl (C=O) groups is 1. The Hall–Kier alpha value is -2.41. The molecule has 4 rings (SSSR count). The van der Waals surface area contributed by atoms with Gasteiger partial charge in [-0.25, -0.2) is 15.0 Å². The van der Waals surface area contributed by atoms with Crippen molar-refractivity contribution in [2.45, 2.75) is 18.9 Å². The maximum Gasteiger partial charge on any atom is 0.241 e. The molecule has 0 saturated carbocycles. The quantitative estimate of drug-likeness (QED) is 0.739. The van der Waals surface area contributed by atoms with Gasteiger partial charge in [0.25, 0.3) is 0 Å². The molecular formula is C16H14BrN5O. The molecule has 0 aliphatic carbocycles. The molecule has 1 fully saturated rings. The van der Waals surface area contributed by atoms with Crippen LogP contribution in [0.3, 0.4) is 0 Å². The first kappa shape index (κ1) is 14.2. The van der Waals surface area contributed by atoms with E-state index in [9.17, 15) is 4.79 Å². The average molecular weight is 372 g/mol. The summed E-state index contributed by atoms with van der Waals surface area (Å²) >= 11 is 3.49. The van der Waals surface area contributed by atoms with Gasteiger partial charge in [-0.15, -0.1) is 0 Å². The van der Waals surface area contributed by atoms with Crippen LogP contribution in [0.5, 0.6) is 0 Å². The number of halogens is 1. The first-order chi connectivity index (χ1) is 11.2. The van der Waals surface area contributed by atoms with E-state index in [1.54, 1.807) is 5.01 Å². The first-order valence-corrected chi connectivity index (χ1v) is 8.14. The van der Waals surface area contributed by atoms with Crippen molar-refractivity contribution in [3.8, 4) is 0 Å². The Morgan fingerprint density at radius 3 is 2.91 bits per heavy atom. The second-order valence-corrected chi connectivity index (χ2v) is 6.28. The van der Waals surface area contributed by atoms with Gasteiger partial charge in [0, 0.05) is 17.1 Å². The lowest BCUT2D eigenvalue weighted by molar-refractivity contribution is -0.127. The molecule has 2 N–H and O–H groups in total. The van der Waals surface area contributed by atoms with Crippen molar-refractivity contribution in [2.24, 2.45) is 0 Å². The number of hydrazine groups is 1. The maximum absolute atomic E-state index is 12.3. The lowest BCUT2D eigenvalue weighted by Crippen LogP contribution is -2.33. The second kappa shape index (κ2) is 5.66. The lowest BCUT2D eigenvalue weighted by Gasteiger charge is -2.26. The lowest BCUT2D eigenvalue weighted by atomic mass is 10.1. The standard InChI is InChI=1S/C16H14BrN5O/c17-11-8-18-15-14(11)16(20-9-19-15)21-22-12(6-7-13(22)23)10-4-2-1-3-5-10/h1-5,8-9,12H,6-7H2,(H2,18,19,20,21)/t12-/m0/s1. The highest BCUT2D eigenvalue weighted by Crippen LogP contribution is 2.34. The Kier molecular flexibility index (Phi) is 3.49. The number of aromatic nitrogens is 3. The zero-order chi connectivity index (χ0) is 15.8. The van der Waals surface area contributed by atoms with Gasteiger partial charge >= 0.3 is 0 Å². The number of nitrogens with zero attached hydrogens (tertiary/aromatic N) is 3. The Bertz CT molecular complexity index is 863. The summed E-state index contributed by atoms with van der Waals surface area (Å²) in [6.07, 6.45) is 4.60. The fraction of sp³-hybridized carbons (Fsp3) is 0.188. The van der Waals surface area contributed by atoms with Gasteiger partial charge < -0.3 is 4.98 Å². The molecule has 3 heterocycles. The monoisotopic (exact) mass is 371 g/mol. The van der Waals surface area contributed by atoms with E-state index in [-0.39, 0.29) is 11.9 Å². The Morgan fingerprint density at radius 1 is 1.26 bits per heavy atom. The van der Waals surface area contributed by atoms with E-state index in [0.29, 0.717) is 12.2 Å². The summed E-state index contributed by atoms with van der Waals surface area (Å²) in [4.78, 5) is 23.9. The number of fused-ring (bicyclic) bond motifs is 1.